The molecular weight excluding hydrogens is 252 g/mol. The Morgan fingerprint density at radius 1 is 1.20 bits per heavy atom. The molecule has 3 rings (SSSR count). The molecule has 4 heteroatoms. The molecule has 20 heavy (non-hydrogen) atoms. The SMILES string of the molecule is Cc1cccc(C)c1-n1nc(C(=O)O)c2c1CCCC2. The zero-order valence-corrected chi connectivity index (χ0v) is 11.8. The predicted octanol–water partition coefficient (Wildman–Crippen LogP) is 3.07. The van der Waals surface area contributed by atoms with Crippen LogP contribution in [0.15, 0.2) is 18.2 Å². The number of fused-ring (bicyclic) bond motifs is 1. The molecule has 0 aliphatic heterocycles. The highest BCUT2D eigenvalue weighted by molar-refractivity contribution is 5.87. The lowest BCUT2D eigenvalue weighted by Crippen LogP contribution is -2.10. The number of nitrogens with zero attached hydrogens (tertiary/aromatic N) is 2. The topological polar surface area (TPSA) is 55.1 Å². The van der Waals surface area contributed by atoms with Crippen LogP contribution in [0.4, 0.5) is 0 Å². The number of aryl methyl sites for hydroxylation is 2. The summed E-state index contributed by atoms with van der Waals surface area (Å²) in [5, 5.41) is 13.8. The second-order valence-electron chi connectivity index (χ2n) is 5.44. The van der Waals surface area contributed by atoms with Gasteiger partial charge in [0.15, 0.2) is 5.69 Å². The van der Waals surface area contributed by atoms with Crippen molar-refractivity contribution in [3.63, 3.8) is 0 Å². The maximum atomic E-state index is 11.4. The van der Waals surface area contributed by atoms with Gasteiger partial charge in [-0.25, -0.2) is 9.48 Å². The standard InChI is InChI=1S/C16H18N2O2/c1-10-6-5-7-11(2)15(10)18-13-9-4-3-8-12(13)14(17-18)16(19)20/h5-7H,3-4,8-9H2,1-2H3,(H,19,20). The number of benzene rings is 1. The minimum absolute atomic E-state index is 0.224. The van der Waals surface area contributed by atoms with Crippen molar-refractivity contribution < 1.29 is 9.90 Å². The third kappa shape index (κ3) is 1.92. The van der Waals surface area contributed by atoms with E-state index in [-0.39, 0.29) is 5.69 Å². The molecule has 0 bridgehead atoms. The number of hydrogen-bond donors (Lipinski definition) is 1. The number of aromatic nitrogens is 2. The summed E-state index contributed by atoms with van der Waals surface area (Å²) >= 11 is 0. The number of aromatic carboxylic acids is 1. The Balaban J connectivity index is 2.27. The van der Waals surface area contributed by atoms with Gasteiger partial charge in [0.05, 0.1) is 5.69 Å². The molecule has 0 spiro atoms. The van der Waals surface area contributed by atoms with Crippen LogP contribution >= 0.6 is 0 Å². The number of carboxylic acid groups (broad SMARTS) is 1. The van der Waals surface area contributed by atoms with Crippen LogP contribution in [0, 0.1) is 13.8 Å². The van der Waals surface area contributed by atoms with E-state index in [1.165, 1.54) is 0 Å². The van der Waals surface area contributed by atoms with Crippen LogP contribution in [-0.2, 0) is 12.8 Å². The summed E-state index contributed by atoms with van der Waals surface area (Å²) in [7, 11) is 0. The van der Waals surface area contributed by atoms with Gasteiger partial charge >= 0.3 is 5.97 Å². The number of para-hydroxylation sites is 1. The Labute approximate surface area is 118 Å². The second-order valence-corrected chi connectivity index (χ2v) is 5.44. The molecule has 0 saturated heterocycles. The number of rotatable bonds is 2. The van der Waals surface area contributed by atoms with Gasteiger partial charge in [-0.3, -0.25) is 0 Å². The molecule has 0 fully saturated rings. The lowest BCUT2D eigenvalue weighted by Gasteiger charge is -2.16. The molecule has 1 aliphatic rings. The molecule has 1 aliphatic carbocycles. The van der Waals surface area contributed by atoms with Crippen molar-refractivity contribution in [1.29, 1.82) is 0 Å². The molecule has 0 unspecified atom stereocenters. The first-order valence-corrected chi connectivity index (χ1v) is 7.00. The molecule has 1 aromatic carbocycles. The number of hydrogen-bond acceptors (Lipinski definition) is 2. The molecular formula is C16H18N2O2. The Kier molecular flexibility index (Phi) is 3.08. The van der Waals surface area contributed by atoms with E-state index in [1.54, 1.807) is 0 Å². The van der Waals surface area contributed by atoms with E-state index in [1.807, 2.05) is 36.7 Å². The predicted molar refractivity (Wildman–Crippen MR) is 76.6 cm³/mol. The number of carboxylic acids is 1. The van der Waals surface area contributed by atoms with Crippen molar-refractivity contribution in [2.24, 2.45) is 0 Å². The van der Waals surface area contributed by atoms with Gasteiger partial charge in [0.25, 0.3) is 0 Å². The van der Waals surface area contributed by atoms with Gasteiger partial charge in [-0.05, 0) is 50.7 Å². The zero-order valence-electron chi connectivity index (χ0n) is 11.8. The van der Waals surface area contributed by atoms with Crippen LogP contribution in [0.3, 0.4) is 0 Å². The summed E-state index contributed by atoms with van der Waals surface area (Å²) in [4.78, 5) is 11.4. The fraction of sp³-hybridized carbons (Fsp3) is 0.375. The summed E-state index contributed by atoms with van der Waals surface area (Å²) in [6.07, 6.45) is 3.87. The summed E-state index contributed by atoms with van der Waals surface area (Å²) in [6.45, 7) is 4.08. The van der Waals surface area contributed by atoms with E-state index in [2.05, 4.69) is 5.10 Å². The van der Waals surface area contributed by atoms with Crippen LogP contribution < -0.4 is 0 Å². The smallest absolute Gasteiger partial charge is 0.356 e. The van der Waals surface area contributed by atoms with Crippen LogP contribution in [0.5, 0.6) is 0 Å². The van der Waals surface area contributed by atoms with Crippen molar-refractivity contribution in [1.82, 2.24) is 9.78 Å². The van der Waals surface area contributed by atoms with Gasteiger partial charge in [-0.1, -0.05) is 18.2 Å². The van der Waals surface area contributed by atoms with Crippen molar-refractivity contribution in [3.05, 3.63) is 46.3 Å². The third-order valence-corrected chi connectivity index (χ3v) is 4.03. The highest BCUT2D eigenvalue weighted by atomic mass is 16.4. The second kappa shape index (κ2) is 4.78. The van der Waals surface area contributed by atoms with Gasteiger partial charge in [0.1, 0.15) is 0 Å². The molecule has 0 saturated carbocycles. The van der Waals surface area contributed by atoms with E-state index >= 15 is 0 Å². The Hall–Kier alpha value is -2.10. The molecule has 0 amide bonds. The molecule has 1 N–H and O–H groups in total. The lowest BCUT2D eigenvalue weighted by molar-refractivity contribution is 0.0688. The summed E-state index contributed by atoms with van der Waals surface area (Å²) in [6, 6.07) is 6.10. The van der Waals surface area contributed by atoms with Crippen LogP contribution in [0.1, 0.15) is 45.7 Å². The van der Waals surface area contributed by atoms with E-state index < -0.39 is 5.97 Å². The Morgan fingerprint density at radius 2 is 1.85 bits per heavy atom. The van der Waals surface area contributed by atoms with Crippen molar-refractivity contribution >= 4 is 5.97 Å². The van der Waals surface area contributed by atoms with E-state index in [9.17, 15) is 9.90 Å². The van der Waals surface area contributed by atoms with Crippen molar-refractivity contribution in [2.45, 2.75) is 39.5 Å². The van der Waals surface area contributed by atoms with Gasteiger partial charge in [0, 0.05) is 11.3 Å². The summed E-state index contributed by atoms with van der Waals surface area (Å²) < 4.78 is 1.86. The molecule has 104 valence electrons. The average molecular weight is 270 g/mol. The third-order valence-electron chi connectivity index (χ3n) is 4.03. The Morgan fingerprint density at radius 3 is 2.50 bits per heavy atom. The maximum absolute atomic E-state index is 11.4. The first kappa shape index (κ1) is 12.9. The molecule has 0 radical (unpaired) electrons. The van der Waals surface area contributed by atoms with Crippen molar-refractivity contribution in [2.75, 3.05) is 0 Å². The zero-order chi connectivity index (χ0) is 14.3. The molecule has 4 nitrogen and oxygen atoms in total. The van der Waals surface area contributed by atoms with Crippen LogP contribution in [-0.4, -0.2) is 20.9 Å². The monoisotopic (exact) mass is 270 g/mol. The molecule has 0 atom stereocenters. The normalized spacial score (nSPS) is 14.1. The lowest BCUT2D eigenvalue weighted by atomic mass is 9.95. The summed E-state index contributed by atoms with van der Waals surface area (Å²) in [5.41, 5.74) is 5.49. The van der Waals surface area contributed by atoms with Gasteiger partial charge in [-0.2, -0.15) is 5.10 Å². The molecule has 1 heterocycles. The van der Waals surface area contributed by atoms with E-state index in [4.69, 9.17) is 0 Å². The first-order chi connectivity index (χ1) is 9.59. The minimum Gasteiger partial charge on any atom is -0.476 e. The minimum atomic E-state index is -0.923. The highest BCUT2D eigenvalue weighted by Gasteiger charge is 2.26. The van der Waals surface area contributed by atoms with Gasteiger partial charge in [0.2, 0.25) is 0 Å². The first-order valence-electron chi connectivity index (χ1n) is 7.00. The van der Waals surface area contributed by atoms with Crippen molar-refractivity contribution in [3.8, 4) is 5.69 Å². The molecule has 1 aromatic heterocycles. The van der Waals surface area contributed by atoms with Crippen LogP contribution in [0.25, 0.3) is 5.69 Å². The highest BCUT2D eigenvalue weighted by Crippen LogP contribution is 2.29. The quantitative estimate of drug-likeness (QED) is 0.912. The molecule has 2 aromatic rings. The maximum Gasteiger partial charge on any atom is 0.356 e. The number of carbonyl (C=O) groups is 1. The van der Waals surface area contributed by atoms with Gasteiger partial charge < -0.3 is 5.11 Å². The largest absolute Gasteiger partial charge is 0.476 e. The Bertz CT molecular complexity index is 666. The average Bonchev–Trinajstić information content (AvgIpc) is 2.79. The van der Waals surface area contributed by atoms with E-state index in [0.717, 1.165) is 53.8 Å². The fourth-order valence-electron chi connectivity index (χ4n) is 3.10. The van der Waals surface area contributed by atoms with Gasteiger partial charge in [-0.15, -0.1) is 0 Å². The summed E-state index contributed by atoms with van der Waals surface area (Å²) in [5.74, 6) is -0.923. The van der Waals surface area contributed by atoms with Crippen LogP contribution in [0.2, 0.25) is 0 Å². The fourth-order valence-corrected chi connectivity index (χ4v) is 3.10. The van der Waals surface area contributed by atoms with E-state index in [0.29, 0.717) is 0 Å².